The second-order valence-electron chi connectivity index (χ2n) is 2.59. The lowest BCUT2D eigenvalue weighted by Gasteiger charge is -2.02. The summed E-state index contributed by atoms with van der Waals surface area (Å²) in [6, 6.07) is 0. The van der Waals surface area contributed by atoms with E-state index in [1.54, 1.807) is 6.92 Å². The maximum absolute atomic E-state index is 9.86. The van der Waals surface area contributed by atoms with Gasteiger partial charge in [-0.05, 0) is 25.7 Å². The van der Waals surface area contributed by atoms with Crippen molar-refractivity contribution in [2.24, 2.45) is 0 Å². The molecule has 0 aromatic carbocycles. The van der Waals surface area contributed by atoms with Gasteiger partial charge in [-0.2, -0.15) is 0 Å². The second kappa shape index (κ2) is 24.2. The molecule has 0 aliphatic heterocycles. The van der Waals surface area contributed by atoms with E-state index in [9.17, 15) is 19.8 Å². The van der Waals surface area contributed by atoms with Crippen molar-refractivity contribution in [1.29, 1.82) is 0 Å². The molecule has 0 amide bonds. The molecule has 0 bridgehead atoms. The van der Waals surface area contributed by atoms with Crippen LogP contribution in [0.4, 0.5) is 0 Å². The first kappa shape index (κ1) is 29.7. The monoisotopic (exact) mass is 257 g/mol. The van der Waals surface area contributed by atoms with Gasteiger partial charge in [0.15, 0.2) is 0 Å². The minimum Gasteiger partial charge on any atom is -0.855 e. The Kier molecular flexibility index (Phi) is 42.1. The summed E-state index contributed by atoms with van der Waals surface area (Å²) in [6.45, 7) is 1.57. The van der Waals surface area contributed by atoms with Crippen molar-refractivity contribution in [1.82, 2.24) is 18.5 Å². The molecule has 0 fully saturated rings. The zero-order chi connectivity index (χ0) is 11.4. The van der Waals surface area contributed by atoms with Crippen molar-refractivity contribution >= 4 is 11.9 Å². The lowest BCUT2D eigenvalue weighted by Crippen LogP contribution is -2.22. The fourth-order valence-electron chi connectivity index (χ4n) is 0.715. The third kappa shape index (κ3) is 52.5. The molecule has 0 heterocycles. The van der Waals surface area contributed by atoms with Crippen LogP contribution < -0.4 is 33.8 Å². The molecule has 108 valence electrons. The summed E-state index contributed by atoms with van der Waals surface area (Å²) in [5.41, 5.74) is 0. The van der Waals surface area contributed by atoms with Crippen molar-refractivity contribution in [3.63, 3.8) is 0 Å². The van der Waals surface area contributed by atoms with E-state index in [1.807, 2.05) is 0 Å². The maximum atomic E-state index is 9.86. The first-order valence-corrected chi connectivity index (χ1v) is 4.52. The fourth-order valence-corrected chi connectivity index (χ4v) is 0.715. The first-order valence-electron chi connectivity index (χ1n) is 4.52. The average Bonchev–Trinajstić information content (AvgIpc) is 2.04. The highest BCUT2D eigenvalue weighted by Gasteiger charge is 1.90. The van der Waals surface area contributed by atoms with E-state index < -0.39 is 11.9 Å². The lowest BCUT2D eigenvalue weighted by atomic mass is 10.1. The van der Waals surface area contributed by atoms with Gasteiger partial charge in [0, 0.05) is 11.9 Å². The van der Waals surface area contributed by atoms with E-state index in [0.717, 1.165) is 0 Å². The van der Waals surface area contributed by atoms with Gasteiger partial charge in [-0.3, -0.25) is 0 Å². The maximum Gasteiger partial charge on any atom is 0.0414 e. The van der Waals surface area contributed by atoms with E-state index in [4.69, 9.17) is 5.11 Å². The van der Waals surface area contributed by atoms with Gasteiger partial charge >= 0.3 is 0 Å². The highest BCUT2D eigenvalue weighted by atomic mass is 16.4. The van der Waals surface area contributed by atoms with Gasteiger partial charge < -0.3 is 43.4 Å². The molecule has 0 aliphatic rings. The van der Waals surface area contributed by atoms with Crippen molar-refractivity contribution < 1.29 is 24.9 Å². The molecule has 0 aromatic heterocycles. The summed E-state index contributed by atoms with van der Waals surface area (Å²) in [4.78, 5) is 19.7. The van der Waals surface area contributed by atoms with E-state index in [1.165, 1.54) is 0 Å². The predicted molar refractivity (Wildman–Crippen MR) is 61.6 cm³/mol. The number of hydrogen-bond donors (Lipinski definition) is 3. The molecule has 17 heavy (non-hydrogen) atoms. The van der Waals surface area contributed by atoms with Gasteiger partial charge in [0.25, 0.3) is 0 Å². The van der Waals surface area contributed by atoms with Gasteiger partial charge in [-0.15, -0.1) is 6.61 Å². The number of carbonyl (C=O) groups is 2. The Bertz CT molecular complexity index is 151. The molecule has 0 saturated carbocycles. The zero-order valence-electron chi connectivity index (χ0n) is 11.3. The summed E-state index contributed by atoms with van der Waals surface area (Å²) in [7, 11) is 0. The third-order valence-corrected chi connectivity index (χ3v) is 1.26. The highest BCUT2D eigenvalue weighted by molar-refractivity contribution is 5.64. The SMILES string of the molecule is CC[O-].O=C([O-])CCCCCC(=O)[O-].[NH4+].[NH4+].[NH4+]. The topological polar surface area (TPSA) is 213 Å². The van der Waals surface area contributed by atoms with E-state index >= 15 is 0 Å². The molecule has 0 rings (SSSR count). The van der Waals surface area contributed by atoms with E-state index in [0.29, 0.717) is 19.3 Å². The lowest BCUT2D eigenvalue weighted by molar-refractivity contribution is -0.361. The Balaban J connectivity index is -0.0000000724. The zero-order valence-corrected chi connectivity index (χ0v) is 11.3. The Morgan fingerprint density at radius 2 is 1.06 bits per heavy atom. The van der Waals surface area contributed by atoms with Gasteiger partial charge in [0.1, 0.15) is 0 Å². The van der Waals surface area contributed by atoms with Crippen molar-refractivity contribution in [2.45, 2.75) is 39.0 Å². The van der Waals surface area contributed by atoms with Crippen LogP contribution in [-0.4, -0.2) is 18.5 Å². The summed E-state index contributed by atoms with van der Waals surface area (Å²) < 4.78 is 0. The van der Waals surface area contributed by atoms with E-state index in [2.05, 4.69) is 0 Å². The molecule has 0 saturated heterocycles. The van der Waals surface area contributed by atoms with Gasteiger partial charge in [-0.25, -0.2) is 0 Å². The van der Waals surface area contributed by atoms with Crippen LogP contribution in [0.5, 0.6) is 0 Å². The fraction of sp³-hybridized carbons (Fsp3) is 0.778. The Labute approximate surface area is 102 Å². The van der Waals surface area contributed by atoms with E-state index in [-0.39, 0.29) is 37.9 Å². The summed E-state index contributed by atoms with van der Waals surface area (Å²) >= 11 is 0. The van der Waals surface area contributed by atoms with Gasteiger partial charge in [0.2, 0.25) is 0 Å². The van der Waals surface area contributed by atoms with Crippen LogP contribution in [0, 0.1) is 0 Å². The number of carboxylic acids is 2. The Morgan fingerprint density at radius 1 is 0.824 bits per heavy atom. The number of hydrogen-bond acceptors (Lipinski definition) is 5. The minimum atomic E-state index is -1.08. The van der Waals surface area contributed by atoms with Crippen molar-refractivity contribution in [2.75, 3.05) is 6.61 Å². The van der Waals surface area contributed by atoms with Crippen LogP contribution in [0.3, 0.4) is 0 Å². The van der Waals surface area contributed by atoms with Crippen LogP contribution in [0.15, 0.2) is 0 Å². The molecule has 0 radical (unpaired) electrons. The predicted octanol–water partition coefficient (Wildman–Crippen LogP) is -1.07. The van der Waals surface area contributed by atoms with Gasteiger partial charge in [0.05, 0.1) is 0 Å². The van der Waals surface area contributed by atoms with Crippen molar-refractivity contribution in [3.8, 4) is 0 Å². The molecular weight excluding hydrogens is 230 g/mol. The molecule has 0 aromatic rings. The molecule has 0 spiro atoms. The number of carboxylic acid groups (broad SMARTS) is 2. The third-order valence-electron chi connectivity index (χ3n) is 1.26. The number of rotatable bonds is 6. The Hall–Kier alpha value is -1.22. The number of aliphatic carboxylic acids is 2. The van der Waals surface area contributed by atoms with Gasteiger partial charge in [-0.1, -0.05) is 13.3 Å². The minimum absolute atomic E-state index is 0. The second-order valence-corrected chi connectivity index (χ2v) is 2.59. The molecule has 12 N–H and O–H groups in total. The molecule has 0 aliphatic carbocycles. The number of unbranched alkanes of at least 4 members (excludes halogenated alkanes) is 2. The highest BCUT2D eigenvalue weighted by Crippen LogP contribution is 2.01. The van der Waals surface area contributed by atoms with Crippen LogP contribution >= 0.6 is 0 Å². The van der Waals surface area contributed by atoms with Crippen LogP contribution in [-0.2, 0) is 9.59 Å². The molecule has 8 nitrogen and oxygen atoms in total. The summed E-state index contributed by atoms with van der Waals surface area (Å²) in [5.74, 6) is -2.17. The Morgan fingerprint density at radius 3 is 1.24 bits per heavy atom. The standard InChI is InChI=1S/C7H12O4.C2H5O.3H3N/c8-6(9)4-2-1-3-5-7(10)11;1-2-3;;;/h1-5H2,(H,8,9)(H,10,11);2H2,1H3;3*1H3/q;-1;;;/p+1. The largest absolute Gasteiger partial charge is 0.855 e. The molecule has 0 atom stereocenters. The number of carbonyl (C=O) groups excluding carboxylic acids is 2. The number of quaternary nitrogens is 3. The van der Waals surface area contributed by atoms with Crippen molar-refractivity contribution in [3.05, 3.63) is 0 Å². The first-order chi connectivity index (χ1) is 6.54. The van der Waals surface area contributed by atoms with Crippen LogP contribution in [0.2, 0.25) is 0 Å². The smallest absolute Gasteiger partial charge is 0.0414 e. The molecule has 0 unspecified atom stereocenters. The normalized spacial score (nSPS) is 7.18. The summed E-state index contributed by atoms with van der Waals surface area (Å²) in [6.07, 6.45) is 1.58. The van der Waals surface area contributed by atoms with Crippen LogP contribution in [0.1, 0.15) is 39.0 Å². The quantitative estimate of drug-likeness (QED) is 0.505. The molecular formula is C9H27N3O5. The summed E-state index contributed by atoms with van der Waals surface area (Å²) in [5, 5.41) is 28.6. The average molecular weight is 257 g/mol. The molecule has 8 heteroatoms. The van der Waals surface area contributed by atoms with Crippen LogP contribution in [0.25, 0.3) is 0 Å².